The standard InChI is InChI=1S/C23H24ClN5O/c1-16-5-8-18(9-6-16)29-20-4-2-3-19(20)22(26-29)23(30)28-13-11-27(12-14-28)21-10-7-17(24)15-25-21/h5-10,15H,2-4,11-14H2,1H3. The highest BCUT2D eigenvalue weighted by Gasteiger charge is 2.31. The zero-order chi connectivity index (χ0) is 20.7. The van der Waals surface area contributed by atoms with Gasteiger partial charge in [-0.15, -0.1) is 0 Å². The van der Waals surface area contributed by atoms with Crippen molar-refractivity contribution < 1.29 is 4.79 Å². The third-order valence-corrected chi connectivity index (χ3v) is 6.24. The van der Waals surface area contributed by atoms with Gasteiger partial charge >= 0.3 is 0 Å². The minimum absolute atomic E-state index is 0.0442. The van der Waals surface area contributed by atoms with E-state index >= 15 is 0 Å². The van der Waals surface area contributed by atoms with Gasteiger partial charge in [-0.25, -0.2) is 9.67 Å². The fraction of sp³-hybridized carbons (Fsp3) is 0.348. The maximum absolute atomic E-state index is 13.3. The van der Waals surface area contributed by atoms with E-state index in [0.717, 1.165) is 49.4 Å². The lowest BCUT2D eigenvalue weighted by Gasteiger charge is -2.35. The average molecular weight is 422 g/mol. The summed E-state index contributed by atoms with van der Waals surface area (Å²) in [5.74, 6) is 0.943. The molecule has 1 amide bonds. The Balaban J connectivity index is 1.35. The number of piperazine rings is 1. The molecule has 154 valence electrons. The van der Waals surface area contributed by atoms with Gasteiger partial charge in [-0.1, -0.05) is 29.3 Å². The summed E-state index contributed by atoms with van der Waals surface area (Å²) in [5, 5.41) is 5.41. The Morgan fingerprint density at radius 2 is 1.77 bits per heavy atom. The van der Waals surface area contributed by atoms with Crippen molar-refractivity contribution in [3.05, 3.63) is 70.1 Å². The number of carbonyl (C=O) groups excluding carboxylic acids is 1. The molecule has 1 saturated heterocycles. The Morgan fingerprint density at radius 1 is 1.00 bits per heavy atom. The van der Waals surface area contributed by atoms with Gasteiger partial charge in [0.15, 0.2) is 5.69 Å². The summed E-state index contributed by atoms with van der Waals surface area (Å²) in [7, 11) is 0. The van der Waals surface area contributed by atoms with E-state index in [4.69, 9.17) is 16.7 Å². The van der Waals surface area contributed by atoms with E-state index in [1.54, 1.807) is 6.20 Å². The number of halogens is 1. The third kappa shape index (κ3) is 3.45. The van der Waals surface area contributed by atoms with E-state index < -0.39 is 0 Å². The molecular formula is C23H24ClN5O. The first kappa shape index (κ1) is 19.1. The van der Waals surface area contributed by atoms with Crippen molar-refractivity contribution in [3.8, 4) is 5.69 Å². The van der Waals surface area contributed by atoms with Gasteiger partial charge in [0.05, 0.1) is 10.7 Å². The molecule has 0 saturated carbocycles. The van der Waals surface area contributed by atoms with Crippen molar-refractivity contribution in [1.82, 2.24) is 19.7 Å². The van der Waals surface area contributed by atoms with Crippen molar-refractivity contribution in [3.63, 3.8) is 0 Å². The predicted molar refractivity (Wildman–Crippen MR) is 118 cm³/mol. The molecule has 0 bridgehead atoms. The minimum Gasteiger partial charge on any atom is -0.353 e. The lowest BCUT2D eigenvalue weighted by atomic mass is 10.1. The number of rotatable bonds is 3. The van der Waals surface area contributed by atoms with Crippen molar-refractivity contribution in [2.45, 2.75) is 26.2 Å². The van der Waals surface area contributed by atoms with Crippen molar-refractivity contribution in [1.29, 1.82) is 0 Å². The molecule has 3 aromatic rings. The normalized spacial score (nSPS) is 16.1. The summed E-state index contributed by atoms with van der Waals surface area (Å²) in [6, 6.07) is 12.1. The van der Waals surface area contributed by atoms with Crippen LogP contribution in [0, 0.1) is 6.92 Å². The lowest BCUT2D eigenvalue weighted by Crippen LogP contribution is -2.49. The number of fused-ring (bicyclic) bond motifs is 1. The first-order chi connectivity index (χ1) is 14.6. The Kier molecular flexibility index (Phi) is 4.95. The minimum atomic E-state index is 0.0442. The van der Waals surface area contributed by atoms with E-state index in [2.05, 4.69) is 41.1 Å². The monoisotopic (exact) mass is 421 g/mol. The smallest absolute Gasteiger partial charge is 0.274 e. The number of nitrogens with zero attached hydrogens (tertiary/aromatic N) is 5. The van der Waals surface area contributed by atoms with Crippen LogP contribution in [0.2, 0.25) is 5.02 Å². The van der Waals surface area contributed by atoms with Crippen molar-refractivity contribution in [2.24, 2.45) is 0 Å². The second-order valence-corrected chi connectivity index (χ2v) is 8.43. The second kappa shape index (κ2) is 7.76. The molecule has 7 heteroatoms. The molecule has 2 aromatic heterocycles. The molecule has 1 aromatic carbocycles. The summed E-state index contributed by atoms with van der Waals surface area (Å²) in [4.78, 5) is 21.9. The van der Waals surface area contributed by atoms with Gasteiger partial charge < -0.3 is 9.80 Å². The number of benzene rings is 1. The van der Waals surface area contributed by atoms with Crippen LogP contribution in [0.15, 0.2) is 42.6 Å². The first-order valence-electron chi connectivity index (χ1n) is 10.4. The second-order valence-electron chi connectivity index (χ2n) is 7.99. The van der Waals surface area contributed by atoms with Gasteiger partial charge in [-0.3, -0.25) is 4.79 Å². The largest absolute Gasteiger partial charge is 0.353 e. The molecule has 0 N–H and O–H groups in total. The van der Waals surface area contributed by atoms with Gasteiger partial charge in [0.25, 0.3) is 5.91 Å². The van der Waals surface area contributed by atoms with Crippen LogP contribution in [-0.2, 0) is 12.8 Å². The lowest BCUT2D eigenvalue weighted by molar-refractivity contribution is 0.0739. The highest BCUT2D eigenvalue weighted by Crippen LogP contribution is 2.29. The highest BCUT2D eigenvalue weighted by molar-refractivity contribution is 6.30. The fourth-order valence-electron chi connectivity index (χ4n) is 4.35. The van der Waals surface area contributed by atoms with Gasteiger partial charge in [0.1, 0.15) is 5.82 Å². The van der Waals surface area contributed by atoms with E-state index in [-0.39, 0.29) is 5.91 Å². The van der Waals surface area contributed by atoms with Crippen LogP contribution in [0.5, 0.6) is 0 Å². The van der Waals surface area contributed by atoms with Crippen LogP contribution in [0.25, 0.3) is 5.69 Å². The van der Waals surface area contributed by atoms with Gasteiger partial charge in [0.2, 0.25) is 0 Å². The number of amides is 1. The SMILES string of the molecule is Cc1ccc(-n2nc(C(=O)N3CCN(c4ccc(Cl)cn4)CC3)c3c2CCC3)cc1. The molecule has 0 atom stereocenters. The molecule has 1 aliphatic carbocycles. The molecule has 0 unspecified atom stereocenters. The first-order valence-corrected chi connectivity index (χ1v) is 10.8. The zero-order valence-corrected chi connectivity index (χ0v) is 17.8. The topological polar surface area (TPSA) is 54.3 Å². The quantitative estimate of drug-likeness (QED) is 0.647. The number of anilines is 1. The van der Waals surface area contributed by atoms with Crippen LogP contribution < -0.4 is 4.90 Å². The summed E-state index contributed by atoms with van der Waals surface area (Å²) in [5.41, 5.74) is 5.18. The van der Waals surface area contributed by atoms with E-state index in [9.17, 15) is 4.79 Å². The Labute approximate surface area is 181 Å². The van der Waals surface area contributed by atoms with Crippen molar-refractivity contribution in [2.75, 3.05) is 31.1 Å². The number of carbonyl (C=O) groups is 1. The Hall–Kier alpha value is -2.86. The summed E-state index contributed by atoms with van der Waals surface area (Å²) in [6.07, 6.45) is 4.64. The molecule has 0 radical (unpaired) electrons. The molecule has 30 heavy (non-hydrogen) atoms. The summed E-state index contributed by atoms with van der Waals surface area (Å²) >= 11 is 5.94. The molecule has 5 rings (SSSR count). The molecule has 2 aliphatic rings. The van der Waals surface area contributed by atoms with Crippen LogP contribution in [0.1, 0.15) is 33.7 Å². The third-order valence-electron chi connectivity index (χ3n) is 6.01. The van der Waals surface area contributed by atoms with Gasteiger partial charge in [0, 0.05) is 43.6 Å². The van der Waals surface area contributed by atoms with Gasteiger partial charge in [-0.2, -0.15) is 5.10 Å². The van der Waals surface area contributed by atoms with Crippen LogP contribution in [-0.4, -0.2) is 51.8 Å². The molecule has 1 aliphatic heterocycles. The number of hydrogen-bond donors (Lipinski definition) is 0. The van der Waals surface area contributed by atoms with Crippen LogP contribution >= 0.6 is 11.6 Å². The number of aromatic nitrogens is 3. The highest BCUT2D eigenvalue weighted by atomic mass is 35.5. The van der Waals surface area contributed by atoms with Crippen LogP contribution in [0.3, 0.4) is 0 Å². The Morgan fingerprint density at radius 3 is 2.47 bits per heavy atom. The number of aryl methyl sites for hydroxylation is 1. The molecular weight excluding hydrogens is 398 g/mol. The maximum atomic E-state index is 13.3. The molecule has 3 heterocycles. The number of hydrogen-bond acceptors (Lipinski definition) is 4. The average Bonchev–Trinajstić information content (AvgIpc) is 3.38. The predicted octanol–water partition coefficient (Wildman–Crippen LogP) is 3.68. The molecule has 6 nitrogen and oxygen atoms in total. The zero-order valence-electron chi connectivity index (χ0n) is 17.0. The summed E-state index contributed by atoms with van der Waals surface area (Å²) in [6.45, 7) is 4.90. The van der Waals surface area contributed by atoms with E-state index in [0.29, 0.717) is 23.8 Å². The van der Waals surface area contributed by atoms with Gasteiger partial charge in [-0.05, 0) is 50.5 Å². The fourth-order valence-corrected chi connectivity index (χ4v) is 4.46. The van der Waals surface area contributed by atoms with Crippen LogP contribution in [0.4, 0.5) is 5.82 Å². The molecule has 1 fully saturated rings. The van der Waals surface area contributed by atoms with E-state index in [1.165, 1.54) is 11.3 Å². The number of pyridine rings is 1. The van der Waals surface area contributed by atoms with Crippen molar-refractivity contribution >= 4 is 23.3 Å². The Bertz CT molecular complexity index is 1070. The summed E-state index contributed by atoms with van der Waals surface area (Å²) < 4.78 is 1.98. The van der Waals surface area contributed by atoms with E-state index in [1.807, 2.05) is 21.7 Å². The maximum Gasteiger partial charge on any atom is 0.274 e. The molecule has 0 spiro atoms.